The second kappa shape index (κ2) is 8.70. The zero-order valence-corrected chi connectivity index (χ0v) is 16.5. The molecule has 0 radical (unpaired) electrons. The van der Waals surface area contributed by atoms with Crippen LogP contribution in [-0.2, 0) is 16.6 Å². The standard InChI is InChI=1S/C20H27N3O4/c1-6-14-7-9-15(10-8-14)20(3,4)19(25)22-13(2)12-21-18(24)16-11-17(26-5)23-27-16/h7-11,13H,6,12H2,1-5H3,(H,21,24)(H,22,25)/t13-/m1/s1. The largest absolute Gasteiger partial charge is 0.479 e. The molecule has 146 valence electrons. The van der Waals surface area contributed by atoms with Gasteiger partial charge in [-0.2, -0.15) is 0 Å². The highest BCUT2D eigenvalue weighted by molar-refractivity contribution is 5.91. The molecule has 1 aromatic heterocycles. The van der Waals surface area contributed by atoms with Gasteiger partial charge in [0.05, 0.1) is 18.6 Å². The van der Waals surface area contributed by atoms with Crippen molar-refractivity contribution in [2.75, 3.05) is 13.7 Å². The van der Waals surface area contributed by atoms with Crippen molar-refractivity contribution in [3.63, 3.8) is 0 Å². The van der Waals surface area contributed by atoms with Crippen molar-refractivity contribution in [1.29, 1.82) is 0 Å². The number of nitrogens with zero attached hydrogens (tertiary/aromatic N) is 1. The van der Waals surface area contributed by atoms with E-state index in [1.54, 1.807) is 0 Å². The number of aryl methyl sites for hydroxylation is 1. The molecule has 2 rings (SSSR count). The Kier molecular flexibility index (Phi) is 6.60. The number of hydrogen-bond donors (Lipinski definition) is 2. The zero-order chi connectivity index (χ0) is 20.0. The fourth-order valence-electron chi connectivity index (χ4n) is 2.54. The summed E-state index contributed by atoms with van der Waals surface area (Å²) in [4.78, 5) is 24.7. The average Bonchev–Trinajstić information content (AvgIpc) is 3.15. The predicted octanol–water partition coefficient (Wildman–Crippen LogP) is 2.46. The Labute approximate surface area is 159 Å². The first kappa shape index (κ1) is 20.5. The highest BCUT2D eigenvalue weighted by Crippen LogP contribution is 2.24. The van der Waals surface area contributed by atoms with Crippen molar-refractivity contribution in [3.8, 4) is 5.88 Å². The van der Waals surface area contributed by atoms with Gasteiger partial charge in [0, 0.05) is 12.6 Å². The third kappa shape index (κ3) is 5.09. The smallest absolute Gasteiger partial charge is 0.290 e. The molecule has 0 saturated carbocycles. The van der Waals surface area contributed by atoms with Crippen molar-refractivity contribution in [3.05, 3.63) is 47.2 Å². The first-order valence-corrected chi connectivity index (χ1v) is 8.97. The van der Waals surface area contributed by atoms with E-state index < -0.39 is 11.3 Å². The molecular weight excluding hydrogens is 346 g/mol. The fraction of sp³-hybridized carbons (Fsp3) is 0.450. The fourth-order valence-corrected chi connectivity index (χ4v) is 2.54. The summed E-state index contributed by atoms with van der Waals surface area (Å²) >= 11 is 0. The van der Waals surface area contributed by atoms with Crippen LogP contribution in [0, 0.1) is 0 Å². The van der Waals surface area contributed by atoms with Crippen LogP contribution < -0.4 is 15.4 Å². The van der Waals surface area contributed by atoms with Crippen molar-refractivity contribution >= 4 is 11.8 Å². The van der Waals surface area contributed by atoms with Crippen LogP contribution in [0.1, 0.15) is 49.4 Å². The van der Waals surface area contributed by atoms with E-state index in [-0.39, 0.29) is 30.1 Å². The van der Waals surface area contributed by atoms with Crippen LogP contribution >= 0.6 is 0 Å². The van der Waals surface area contributed by atoms with E-state index in [1.165, 1.54) is 18.7 Å². The highest BCUT2D eigenvalue weighted by atomic mass is 16.5. The van der Waals surface area contributed by atoms with E-state index in [4.69, 9.17) is 9.26 Å². The first-order chi connectivity index (χ1) is 12.8. The topological polar surface area (TPSA) is 93.5 Å². The maximum atomic E-state index is 12.7. The molecule has 7 nitrogen and oxygen atoms in total. The quantitative estimate of drug-likeness (QED) is 0.741. The van der Waals surface area contributed by atoms with Gasteiger partial charge in [0.2, 0.25) is 11.7 Å². The first-order valence-electron chi connectivity index (χ1n) is 8.97. The highest BCUT2D eigenvalue weighted by Gasteiger charge is 2.30. The van der Waals surface area contributed by atoms with Crippen LogP contribution in [0.3, 0.4) is 0 Å². The number of hydrogen-bond acceptors (Lipinski definition) is 5. The van der Waals surface area contributed by atoms with Crippen LogP contribution in [0.4, 0.5) is 0 Å². The number of ether oxygens (including phenoxy) is 1. The van der Waals surface area contributed by atoms with Gasteiger partial charge >= 0.3 is 0 Å². The van der Waals surface area contributed by atoms with E-state index in [9.17, 15) is 9.59 Å². The summed E-state index contributed by atoms with van der Waals surface area (Å²) in [5.74, 6) is -0.227. The summed E-state index contributed by atoms with van der Waals surface area (Å²) in [5, 5.41) is 9.23. The second-order valence-electron chi connectivity index (χ2n) is 6.99. The lowest BCUT2D eigenvalue weighted by Crippen LogP contribution is -2.48. The lowest BCUT2D eigenvalue weighted by atomic mass is 9.83. The molecule has 0 aliphatic carbocycles. The third-order valence-electron chi connectivity index (χ3n) is 4.52. The Morgan fingerprint density at radius 3 is 2.48 bits per heavy atom. The van der Waals surface area contributed by atoms with Crippen molar-refractivity contribution < 1.29 is 18.8 Å². The molecule has 2 N–H and O–H groups in total. The van der Waals surface area contributed by atoms with Crippen LogP contribution in [0.25, 0.3) is 0 Å². The second-order valence-corrected chi connectivity index (χ2v) is 6.99. The molecule has 0 saturated heterocycles. The SMILES string of the molecule is CCc1ccc(C(C)(C)C(=O)N[C@H](C)CNC(=O)c2cc(OC)no2)cc1. The summed E-state index contributed by atoms with van der Waals surface area (Å²) < 4.78 is 9.76. The molecule has 1 heterocycles. The van der Waals surface area contributed by atoms with Crippen LogP contribution in [0.2, 0.25) is 0 Å². The Hall–Kier alpha value is -2.83. The molecule has 2 aromatic rings. The summed E-state index contributed by atoms with van der Waals surface area (Å²) in [6.45, 7) is 7.95. The third-order valence-corrected chi connectivity index (χ3v) is 4.52. The van der Waals surface area contributed by atoms with Gasteiger partial charge in [-0.05, 0) is 43.5 Å². The number of amides is 2. The van der Waals surface area contributed by atoms with Crippen molar-refractivity contribution in [2.45, 2.75) is 45.6 Å². The van der Waals surface area contributed by atoms with Gasteiger partial charge in [-0.25, -0.2) is 0 Å². The van der Waals surface area contributed by atoms with Gasteiger partial charge in [0.15, 0.2) is 0 Å². The molecule has 1 aromatic carbocycles. The summed E-state index contributed by atoms with van der Waals surface area (Å²) in [7, 11) is 1.44. The molecule has 27 heavy (non-hydrogen) atoms. The van der Waals surface area contributed by atoms with E-state index in [2.05, 4.69) is 22.7 Å². The summed E-state index contributed by atoms with van der Waals surface area (Å²) in [6.07, 6.45) is 0.959. The van der Waals surface area contributed by atoms with Crippen LogP contribution in [-0.4, -0.2) is 36.7 Å². The van der Waals surface area contributed by atoms with Gasteiger partial charge < -0.3 is 19.9 Å². The molecule has 0 spiro atoms. The van der Waals surface area contributed by atoms with Crippen molar-refractivity contribution in [1.82, 2.24) is 15.8 Å². The minimum atomic E-state index is -0.678. The number of carbonyl (C=O) groups is 2. The molecule has 7 heteroatoms. The molecule has 0 unspecified atom stereocenters. The lowest BCUT2D eigenvalue weighted by Gasteiger charge is -2.27. The Morgan fingerprint density at radius 2 is 1.93 bits per heavy atom. The number of methoxy groups -OCH3 is 1. The molecule has 0 aliphatic rings. The number of benzene rings is 1. The maximum Gasteiger partial charge on any atom is 0.290 e. The van der Waals surface area contributed by atoms with Gasteiger partial charge in [-0.15, -0.1) is 0 Å². The Morgan fingerprint density at radius 1 is 1.26 bits per heavy atom. The molecular formula is C20H27N3O4. The molecule has 0 bridgehead atoms. The summed E-state index contributed by atoms with van der Waals surface area (Å²) in [6, 6.07) is 9.21. The van der Waals surface area contributed by atoms with E-state index in [1.807, 2.05) is 45.0 Å². The average molecular weight is 373 g/mol. The summed E-state index contributed by atoms with van der Waals surface area (Å²) in [5.41, 5.74) is 1.50. The number of carbonyl (C=O) groups excluding carboxylic acids is 2. The Bertz CT molecular complexity index is 781. The minimum Gasteiger partial charge on any atom is -0.479 e. The number of rotatable bonds is 8. The molecule has 0 fully saturated rings. The van der Waals surface area contributed by atoms with Crippen LogP contribution in [0.15, 0.2) is 34.9 Å². The molecule has 2 amide bonds. The molecule has 1 atom stereocenters. The predicted molar refractivity (Wildman–Crippen MR) is 102 cm³/mol. The molecule has 0 aliphatic heterocycles. The minimum absolute atomic E-state index is 0.0571. The monoisotopic (exact) mass is 373 g/mol. The lowest BCUT2D eigenvalue weighted by molar-refractivity contribution is -0.126. The number of nitrogens with one attached hydrogen (secondary N) is 2. The zero-order valence-electron chi connectivity index (χ0n) is 16.5. The Balaban J connectivity index is 1.90. The van der Waals surface area contributed by atoms with E-state index in [0.29, 0.717) is 0 Å². The van der Waals surface area contributed by atoms with Gasteiger partial charge in [-0.3, -0.25) is 9.59 Å². The van der Waals surface area contributed by atoms with Gasteiger partial charge in [-0.1, -0.05) is 31.2 Å². The normalized spacial score (nSPS) is 12.3. The van der Waals surface area contributed by atoms with Crippen molar-refractivity contribution in [2.24, 2.45) is 0 Å². The van der Waals surface area contributed by atoms with Gasteiger partial charge in [0.25, 0.3) is 11.8 Å². The van der Waals surface area contributed by atoms with E-state index in [0.717, 1.165) is 12.0 Å². The van der Waals surface area contributed by atoms with Gasteiger partial charge in [0.1, 0.15) is 0 Å². The maximum absolute atomic E-state index is 12.7. The van der Waals surface area contributed by atoms with E-state index >= 15 is 0 Å². The number of aromatic nitrogens is 1. The van der Waals surface area contributed by atoms with Crippen LogP contribution in [0.5, 0.6) is 5.88 Å².